The Labute approximate surface area is 184 Å². The van der Waals surface area contributed by atoms with Crippen LogP contribution in [0.3, 0.4) is 0 Å². The van der Waals surface area contributed by atoms with E-state index in [1.165, 1.54) is 4.31 Å². The molecule has 1 aromatic carbocycles. The van der Waals surface area contributed by atoms with E-state index in [-0.39, 0.29) is 10.2 Å². The second-order valence-electron chi connectivity index (χ2n) is 7.07. The zero-order valence-electron chi connectivity index (χ0n) is 16.9. The van der Waals surface area contributed by atoms with Gasteiger partial charge in [0.1, 0.15) is 16.0 Å². The van der Waals surface area contributed by atoms with Gasteiger partial charge in [0.15, 0.2) is 0 Å². The van der Waals surface area contributed by atoms with Gasteiger partial charge in [0.2, 0.25) is 11.8 Å². The molecule has 2 aromatic heterocycles. The molecule has 1 aliphatic rings. The molecule has 1 unspecified atom stereocenters. The molecule has 4 rings (SSSR count). The molecular formula is C20H22N4O5S2. The van der Waals surface area contributed by atoms with Crippen molar-refractivity contribution >= 4 is 33.3 Å². The number of aromatic nitrogens is 2. The van der Waals surface area contributed by atoms with Crippen LogP contribution in [-0.2, 0) is 21.2 Å². The van der Waals surface area contributed by atoms with Gasteiger partial charge in [-0.15, -0.1) is 16.4 Å². The molecule has 0 spiro atoms. The van der Waals surface area contributed by atoms with Crippen molar-refractivity contribution < 1.29 is 22.4 Å². The van der Waals surface area contributed by atoms with Crippen LogP contribution in [0.2, 0.25) is 0 Å². The second kappa shape index (κ2) is 9.16. The van der Waals surface area contributed by atoms with Crippen molar-refractivity contribution in [2.45, 2.75) is 35.9 Å². The van der Waals surface area contributed by atoms with Crippen LogP contribution in [0.15, 0.2) is 50.4 Å². The number of sulfonamides is 1. The minimum Gasteiger partial charge on any atom is -0.497 e. The predicted molar refractivity (Wildman–Crippen MR) is 115 cm³/mol. The van der Waals surface area contributed by atoms with Gasteiger partial charge in [0.05, 0.1) is 13.5 Å². The second-order valence-corrected chi connectivity index (χ2v) is 10.1. The monoisotopic (exact) mass is 462 g/mol. The standard InChI is InChI=1S/C20H22N4O5S2/c1-28-15-9-7-14(8-10-15)13-17-22-23-20(29-17)21-19(25)16-5-2-3-11-24(16)31(26,27)18-6-4-12-30-18/h4,6-10,12,16H,2-3,5,11,13H2,1H3,(H,21,23,25). The number of anilines is 1. The van der Waals surface area contributed by atoms with E-state index in [1.807, 2.05) is 24.3 Å². The summed E-state index contributed by atoms with van der Waals surface area (Å²) in [6.07, 6.45) is 2.31. The fourth-order valence-corrected chi connectivity index (χ4v) is 6.24. The first kappa shape index (κ1) is 21.5. The number of hydrogen-bond acceptors (Lipinski definition) is 8. The molecule has 0 saturated carbocycles. The number of thiophene rings is 1. The highest BCUT2D eigenvalue weighted by Gasteiger charge is 2.38. The first-order valence-corrected chi connectivity index (χ1v) is 12.1. The maximum Gasteiger partial charge on any atom is 0.322 e. The van der Waals surface area contributed by atoms with E-state index >= 15 is 0 Å². The fourth-order valence-electron chi connectivity index (χ4n) is 3.46. The highest BCUT2D eigenvalue weighted by atomic mass is 32.2. The van der Waals surface area contributed by atoms with Crippen molar-refractivity contribution in [1.29, 1.82) is 0 Å². The molecule has 1 aliphatic heterocycles. The number of hydrogen-bond donors (Lipinski definition) is 1. The number of benzene rings is 1. The number of nitrogens with zero attached hydrogens (tertiary/aromatic N) is 3. The number of piperidine rings is 1. The third kappa shape index (κ3) is 4.78. The smallest absolute Gasteiger partial charge is 0.322 e. The van der Waals surface area contributed by atoms with Gasteiger partial charge in [-0.05, 0) is 42.0 Å². The maximum absolute atomic E-state index is 13.0. The topological polar surface area (TPSA) is 115 Å². The van der Waals surface area contributed by atoms with Crippen molar-refractivity contribution in [2.24, 2.45) is 0 Å². The third-order valence-electron chi connectivity index (χ3n) is 5.03. The van der Waals surface area contributed by atoms with Crippen LogP contribution in [0.1, 0.15) is 30.7 Å². The summed E-state index contributed by atoms with van der Waals surface area (Å²) in [7, 11) is -2.13. The van der Waals surface area contributed by atoms with Crippen molar-refractivity contribution in [1.82, 2.24) is 14.5 Å². The van der Waals surface area contributed by atoms with Crippen molar-refractivity contribution in [3.05, 3.63) is 53.2 Å². The number of carbonyl (C=O) groups excluding carboxylic acids is 1. The summed E-state index contributed by atoms with van der Waals surface area (Å²) in [5.74, 6) is 0.614. The fraction of sp³-hybridized carbons (Fsp3) is 0.350. The molecule has 31 heavy (non-hydrogen) atoms. The molecule has 164 valence electrons. The predicted octanol–water partition coefficient (Wildman–Crippen LogP) is 2.91. The third-order valence-corrected chi connectivity index (χ3v) is 8.31. The Morgan fingerprint density at radius 3 is 2.77 bits per heavy atom. The molecule has 3 aromatic rings. The van der Waals surface area contributed by atoms with Crippen LogP contribution in [-0.4, -0.2) is 48.5 Å². The van der Waals surface area contributed by atoms with Crippen LogP contribution >= 0.6 is 11.3 Å². The van der Waals surface area contributed by atoms with Gasteiger partial charge in [-0.1, -0.05) is 29.7 Å². The van der Waals surface area contributed by atoms with E-state index in [0.717, 1.165) is 29.1 Å². The Morgan fingerprint density at radius 2 is 2.06 bits per heavy atom. The molecule has 3 heterocycles. The summed E-state index contributed by atoms with van der Waals surface area (Å²) in [4.78, 5) is 12.9. The summed E-state index contributed by atoms with van der Waals surface area (Å²) >= 11 is 1.14. The Hall–Kier alpha value is -2.76. The van der Waals surface area contributed by atoms with Crippen LogP contribution in [0, 0.1) is 0 Å². The molecule has 1 fully saturated rings. The minimum atomic E-state index is -3.73. The van der Waals surface area contributed by atoms with E-state index in [1.54, 1.807) is 24.6 Å². The van der Waals surface area contributed by atoms with Gasteiger partial charge in [-0.2, -0.15) is 4.31 Å². The highest BCUT2D eigenvalue weighted by Crippen LogP contribution is 2.28. The van der Waals surface area contributed by atoms with Crippen molar-refractivity contribution in [3.8, 4) is 5.75 Å². The van der Waals surface area contributed by atoms with Gasteiger partial charge in [-0.25, -0.2) is 8.42 Å². The molecule has 1 saturated heterocycles. The Kier molecular flexibility index (Phi) is 6.35. The van der Waals surface area contributed by atoms with Crippen LogP contribution < -0.4 is 10.1 Å². The van der Waals surface area contributed by atoms with Crippen molar-refractivity contribution in [3.63, 3.8) is 0 Å². The van der Waals surface area contributed by atoms with E-state index < -0.39 is 22.0 Å². The molecule has 1 N–H and O–H groups in total. The number of methoxy groups -OCH3 is 1. The lowest BCUT2D eigenvalue weighted by Crippen LogP contribution is -2.49. The number of ether oxygens (including phenoxy) is 1. The van der Waals surface area contributed by atoms with E-state index in [0.29, 0.717) is 31.7 Å². The molecule has 0 aliphatic carbocycles. The first-order chi connectivity index (χ1) is 15.0. The SMILES string of the molecule is COc1ccc(Cc2nnc(NC(=O)C3CCCCN3S(=O)(=O)c3cccs3)o2)cc1. The number of nitrogens with one attached hydrogen (secondary N) is 1. The zero-order valence-corrected chi connectivity index (χ0v) is 18.5. The Morgan fingerprint density at radius 1 is 1.26 bits per heavy atom. The lowest BCUT2D eigenvalue weighted by Gasteiger charge is -2.32. The average Bonchev–Trinajstić information content (AvgIpc) is 3.47. The molecule has 11 heteroatoms. The minimum absolute atomic E-state index is 0.0486. The molecule has 0 radical (unpaired) electrons. The normalized spacial score (nSPS) is 17.4. The van der Waals surface area contributed by atoms with Crippen LogP contribution in [0.4, 0.5) is 6.01 Å². The summed E-state index contributed by atoms with van der Waals surface area (Å²) in [5.41, 5.74) is 0.947. The lowest BCUT2D eigenvalue weighted by atomic mass is 10.0. The van der Waals surface area contributed by atoms with Gasteiger partial charge in [0, 0.05) is 6.54 Å². The highest BCUT2D eigenvalue weighted by molar-refractivity contribution is 7.91. The molecule has 1 amide bonds. The van der Waals surface area contributed by atoms with Gasteiger partial charge in [-0.3, -0.25) is 10.1 Å². The van der Waals surface area contributed by atoms with E-state index in [9.17, 15) is 13.2 Å². The summed E-state index contributed by atoms with van der Waals surface area (Å²) in [6.45, 7) is 0.297. The molecule has 9 nitrogen and oxygen atoms in total. The number of carbonyl (C=O) groups is 1. The summed E-state index contributed by atoms with van der Waals surface area (Å²) in [6, 6.07) is 9.80. The summed E-state index contributed by atoms with van der Waals surface area (Å²) < 4.78 is 38.1. The summed E-state index contributed by atoms with van der Waals surface area (Å²) in [5, 5.41) is 12.1. The number of amides is 1. The van der Waals surface area contributed by atoms with Gasteiger partial charge in [0.25, 0.3) is 10.0 Å². The number of rotatable bonds is 7. The van der Waals surface area contributed by atoms with Crippen LogP contribution in [0.5, 0.6) is 5.75 Å². The Bertz CT molecular complexity index is 1130. The quantitative estimate of drug-likeness (QED) is 0.574. The van der Waals surface area contributed by atoms with Crippen molar-refractivity contribution in [2.75, 3.05) is 19.0 Å². The van der Waals surface area contributed by atoms with E-state index in [2.05, 4.69) is 15.5 Å². The van der Waals surface area contributed by atoms with Crippen LogP contribution in [0.25, 0.3) is 0 Å². The Balaban J connectivity index is 1.44. The molecule has 0 bridgehead atoms. The molecular weight excluding hydrogens is 440 g/mol. The van der Waals surface area contributed by atoms with Gasteiger partial charge < -0.3 is 9.15 Å². The maximum atomic E-state index is 13.0. The zero-order chi connectivity index (χ0) is 21.8. The average molecular weight is 463 g/mol. The lowest BCUT2D eigenvalue weighted by molar-refractivity contribution is -0.120. The van der Waals surface area contributed by atoms with E-state index in [4.69, 9.17) is 9.15 Å². The first-order valence-electron chi connectivity index (χ1n) is 9.79. The largest absolute Gasteiger partial charge is 0.497 e. The van der Waals surface area contributed by atoms with Gasteiger partial charge >= 0.3 is 6.01 Å². The molecule has 1 atom stereocenters.